The highest BCUT2D eigenvalue weighted by atomic mass is 16.5. The van der Waals surface area contributed by atoms with E-state index >= 15 is 0 Å². The highest BCUT2D eigenvalue weighted by molar-refractivity contribution is 5.60. The molecule has 7 heteroatoms. The van der Waals surface area contributed by atoms with Crippen LogP contribution in [-0.4, -0.2) is 27.0 Å². The summed E-state index contributed by atoms with van der Waals surface area (Å²) >= 11 is 0. The Kier molecular flexibility index (Phi) is 4.95. The van der Waals surface area contributed by atoms with Gasteiger partial charge in [0.05, 0.1) is 12.8 Å². The SMILES string of the molecule is COc1cccc(-c2ccc(=O)n(Cc3nc(-c4ccc(C)c(C)c4)no3)n2)c1. The van der Waals surface area contributed by atoms with Crippen LogP contribution >= 0.6 is 0 Å². The average Bonchev–Trinajstić information content (AvgIpc) is 3.20. The predicted molar refractivity (Wildman–Crippen MR) is 109 cm³/mol. The molecule has 4 rings (SSSR count). The molecular formula is C22H20N4O3. The van der Waals surface area contributed by atoms with Crippen LogP contribution in [0.25, 0.3) is 22.6 Å². The largest absolute Gasteiger partial charge is 0.497 e. The van der Waals surface area contributed by atoms with Gasteiger partial charge in [-0.3, -0.25) is 4.79 Å². The molecule has 146 valence electrons. The number of aryl methyl sites for hydroxylation is 2. The Bertz CT molecular complexity index is 1230. The Morgan fingerprint density at radius 3 is 2.66 bits per heavy atom. The molecule has 2 heterocycles. The molecule has 0 N–H and O–H groups in total. The first-order valence-electron chi connectivity index (χ1n) is 9.16. The third-order valence-corrected chi connectivity index (χ3v) is 4.75. The van der Waals surface area contributed by atoms with Gasteiger partial charge in [0.25, 0.3) is 5.56 Å². The molecule has 0 atom stereocenters. The maximum absolute atomic E-state index is 12.3. The zero-order valence-electron chi connectivity index (χ0n) is 16.4. The van der Waals surface area contributed by atoms with Crippen molar-refractivity contribution in [3.63, 3.8) is 0 Å². The van der Waals surface area contributed by atoms with Gasteiger partial charge in [-0.15, -0.1) is 0 Å². The van der Waals surface area contributed by atoms with Gasteiger partial charge in [-0.1, -0.05) is 29.4 Å². The second kappa shape index (κ2) is 7.71. The quantitative estimate of drug-likeness (QED) is 0.519. The molecule has 0 unspecified atom stereocenters. The molecular weight excluding hydrogens is 368 g/mol. The maximum Gasteiger partial charge on any atom is 0.267 e. The summed E-state index contributed by atoms with van der Waals surface area (Å²) in [6.07, 6.45) is 0. The number of rotatable bonds is 5. The standard InChI is InChI=1S/C22H20N4O3/c1-14-7-8-17(11-15(14)2)22-23-20(29-25-22)13-26-21(27)10-9-19(24-26)16-5-4-6-18(12-16)28-3/h4-12H,13H2,1-3H3. The fourth-order valence-electron chi connectivity index (χ4n) is 2.94. The second-order valence-corrected chi connectivity index (χ2v) is 6.76. The van der Waals surface area contributed by atoms with Gasteiger partial charge in [0.1, 0.15) is 12.3 Å². The van der Waals surface area contributed by atoms with Gasteiger partial charge >= 0.3 is 0 Å². The second-order valence-electron chi connectivity index (χ2n) is 6.76. The number of aromatic nitrogens is 4. The van der Waals surface area contributed by atoms with E-state index in [-0.39, 0.29) is 12.1 Å². The lowest BCUT2D eigenvalue weighted by molar-refractivity contribution is 0.363. The smallest absolute Gasteiger partial charge is 0.267 e. The molecule has 0 aliphatic heterocycles. The van der Waals surface area contributed by atoms with E-state index in [9.17, 15) is 4.79 Å². The van der Waals surface area contributed by atoms with Crippen LogP contribution in [0.1, 0.15) is 17.0 Å². The molecule has 0 aliphatic rings. The number of benzene rings is 2. The molecule has 7 nitrogen and oxygen atoms in total. The zero-order chi connectivity index (χ0) is 20.4. The summed E-state index contributed by atoms with van der Waals surface area (Å²) in [5.41, 5.74) is 4.47. The Morgan fingerprint density at radius 1 is 1.00 bits per heavy atom. The zero-order valence-corrected chi connectivity index (χ0v) is 16.4. The molecule has 4 aromatic rings. The van der Waals surface area contributed by atoms with Crippen LogP contribution in [-0.2, 0) is 6.54 Å². The van der Waals surface area contributed by atoms with Crippen LogP contribution in [0.3, 0.4) is 0 Å². The molecule has 0 spiro atoms. The van der Waals surface area contributed by atoms with Crippen molar-refractivity contribution in [3.05, 3.63) is 82.0 Å². The Morgan fingerprint density at radius 2 is 1.86 bits per heavy atom. The first-order valence-corrected chi connectivity index (χ1v) is 9.16. The molecule has 0 saturated carbocycles. The van der Waals surface area contributed by atoms with Crippen molar-refractivity contribution in [2.24, 2.45) is 0 Å². The molecule has 2 aromatic carbocycles. The van der Waals surface area contributed by atoms with Crippen molar-refractivity contribution in [2.75, 3.05) is 7.11 Å². The number of nitrogens with zero attached hydrogens (tertiary/aromatic N) is 4. The Hall–Kier alpha value is -3.74. The minimum absolute atomic E-state index is 0.0918. The van der Waals surface area contributed by atoms with Crippen molar-refractivity contribution in [1.82, 2.24) is 19.9 Å². The fourth-order valence-corrected chi connectivity index (χ4v) is 2.94. The molecule has 0 bridgehead atoms. The van der Waals surface area contributed by atoms with E-state index in [0.717, 1.165) is 22.4 Å². The van der Waals surface area contributed by atoms with Crippen LogP contribution in [0.4, 0.5) is 0 Å². The summed E-state index contributed by atoms with van der Waals surface area (Å²) in [4.78, 5) is 16.7. The molecule has 0 radical (unpaired) electrons. The van der Waals surface area contributed by atoms with E-state index in [0.29, 0.717) is 17.4 Å². The van der Waals surface area contributed by atoms with E-state index in [2.05, 4.69) is 15.2 Å². The maximum atomic E-state index is 12.3. The molecule has 2 aromatic heterocycles. The minimum Gasteiger partial charge on any atom is -0.497 e. The highest BCUT2D eigenvalue weighted by Gasteiger charge is 2.12. The normalized spacial score (nSPS) is 10.9. The van der Waals surface area contributed by atoms with Crippen molar-refractivity contribution in [1.29, 1.82) is 0 Å². The lowest BCUT2D eigenvalue weighted by atomic mass is 10.1. The van der Waals surface area contributed by atoms with Gasteiger partial charge in [-0.05, 0) is 49.2 Å². The van der Waals surface area contributed by atoms with Crippen molar-refractivity contribution < 1.29 is 9.26 Å². The predicted octanol–water partition coefficient (Wildman–Crippen LogP) is 3.63. The fraction of sp³-hybridized carbons (Fsp3) is 0.182. The molecule has 0 saturated heterocycles. The highest BCUT2D eigenvalue weighted by Crippen LogP contribution is 2.22. The van der Waals surface area contributed by atoms with E-state index in [1.807, 2.05) is 56.3 Å². The first kappa shape index (κ1) is 18.6. The van der Waals surface area contributed by atoms with Gasteiger partial charge in [0.15, 0.2) is 0 Å². The summed E-state index contributed by atoms with van der Waals surface area (Å²) in [6, 6.07) is 16.6. The van der Waals surface area contributed by atoms with Gasteiger partial charge in [0.2, 0.25) is 11.7 Å². The lowest BCUT2D eigenvalue weighted by Gasteiger charge is -2.06. The number of hydrogen-bond acceptors (Lipinski definition) is 6. The van der Waals surface area contributed by atoms with E-state index in [1.54, 1.807) is 13.2 Å². The minimum atomic E-state index is -0.248. The van der Waals surface area contributed by atoms with Gasteiger partial charge < -0.3 is 9.26 Å². The Labute approximate surface area is 167 Å². The summed E-state index contributed by atoms with van der Waals surface area (Å²) in [6.45, 7) is 4.18. The lowest BCUT2D eigenvalue weighted by Crippen LogP contribution is -2.23. The summed E-state index contributed by atoms with van der Waals surface area (Å²) < 4.78 is 11.9. The average molecular weight is 388 g/mol. The Balaban J connectivity index is 1.62. The van der Waals surface area contributed by atoms with Crippen LogP contribution < -0.4 is 10.3 Å². The van der Waals surface area contributed by atoms with Crippen molar-refractivity contribution >= 4 is 0 Å². The third-order valence-electron chi connectivity index (χ3n) is 4.75. The number of ether oxygens (including phenoxy) is 1. The van der Waals surface area contributed by atoms with Crippen LogP contribution in [0.2, 0.25) is 0 Å². The van der Waals surface area contributed by atoms with Crippen LogP contribution in [0, 0.1) is 13.8 Å². The molecule has 0 amide bonds. The number of methoxy groups -OCH3 is 1. The van der Waals surface area contributed by atoms with Crippen LogP contribution in [0.15, 0.2) is 63.9 Å². The van der Waals surface area contributed by atoms with Crippen molar-refractivity contribution in [2.45, 2.75) is 20.4 Å². The summed E-state index contributed by atoms with van der Waals surface area (Å²) in [5, 5.41) is 8.48. The van der Waals surface area contributed by atoms with E-state index < -0.39 is 0 Å². The molecule has 0 aliphatic carbocycles. The summed E-state index contributed by atoms with van der Waals surface area (Å²) in [7, 11) is 1.61. The van der Waals surface area contributed by atoms with Gasteiger partial charge in [0, 0.05) is 17.2 Å². The monoisotopic (exact) mass is 388 g/mol. The van der Waals surface area contributed by atoms with E-state index in [4.69, 9.17) is 9.26 Å². The van der Waals surface area contributed by atoms with Gasteiger partial charge in [-0.2, -0.15) is 10.1 Å². The first-order chi connectivity index (χ1) is 14.0. The van der Waals surface area contributed by atoms with Gasteiger partial charge in [-0.25, -0.2) is 4.68 Å². The van der Waals surface area contributed by atoms with Crippen molar-refractivity contribution in [3.8, 4) is 28.4 Å². The molecule has 0 fully saturated rings. The van der Waals surface area contributed by atoms with Crippen LogP contribution in [0.5, 0.6) is 5.75 Å². The topological polar surface area (TPSA) is 83.0 Å². The molecule has 29 heavy (non-hydrogen) atoms. The number of hydrogen-bond donors (Lipinski definition) is 0. The summed E-state index contributed by atoms with van der Waals surface area (Å²) in [5.74, 6) is 1.52. The van der Waals surface area contributed by atoms with E-state index in [1.165, 1.54) is 16.3 Å². The third kappa shape index (κ3) is 3.94.